The lowest BCUT2D eigenvalue weighted by atomic mass is 10.0. The first-order chi connectivity index (χ1) is 18.0. The molecule has 0 atom stereocenters. The average molecular weight is 507 g/mol. The molecule has 1 N–H and O–H groups in total. The van der Waals surface area contributed by atoms with E-state index in [1.807, 2.05) is 68.9 Å². The summed E-state index contributed by atoms with van der Waals surface area (Å²) in [7, 11) is 1.87. The molecule has 9 heteroatoms. The number of likely N-dealkylation sites (tertiary alicyclic amines) is 1. The topological polar surface area (TPSA) is 81.1 Å². The van der Waals surface area contributed by atoms with Gasteiger partial charge in [0.15, 0.2) is 0 Å². The lowest BCUT2D eigenvalue weighted by Gasteiger charge is -2.37. The van der Waals surface area contributed by atoms with Gasteiger partial charge in [0, 0.05) is 82.9 Å². The summed E-state index contributed by atoms with van der Waals surface area (Å²) in [6.45, 7) is 5.64. The third-order valence-electron chi connectivity index (χ3n) is 7.96. The Balaban J connectivity index is 1.05. The van der Waals surface area contributed by atoms with E-state index < -0.39 is 0 Å². The summed E-state index contributed by atoms with van der Waals surface area (Å²) in [4.78, 5) is 46.2. The molecule has 9 nitrogen and oxygen atoms in total. The molecule has 1 aromatic carbocycles. The van der Waals surface area contributed by atoms with Gasteiger partial charge in [-0.3, -0.25) is 9.59 Å². The minimum atomic E-state index is -0.0370. The predicted octanol–water partition coefficient (Wildman–Crippen LogP) is 2.79. The van der Waals surface area contributed by atoms with Crippen molar-refractivity contribution in [3.8, 4) is 0 Å². The van der Waals surface area contributed by atoms with E-state index in [2.05, 4.69) is 10.2 Å². The number of benzene rings is 1. The third-order valence-corrected chi connectivity index (χ3v) is 7.96. The van der Waals surface area contributed by atoms with Gasteiger partial charge in [0.1, 0.15) is 5.69 Å². The van der Waals surface area contributed by atoms with Crippen LogP contribution in [0.15, 0.2) is 42.6 Å². The predicted molar refractivity (Wildman–Crippen MR) is 143 cm³/mol. The minimum absolute atomic E-state index is 0.0174. The SMILES string of the molecule is Cn1cccc1C(=O)N1CCN(C(=O)NC2CCN(c3ccc(C(=O)N4CCCCC4)cc3)CC2)CC1. The highest BCUT2D eigenvalue weighted by molar-refractivity contribution is 5.94. The highest BCUT2D eigenvalue weighted by Gasteiger charge is 2.28. The Kier molecular flexibility index (Phi) is 7.67. The van der Waals surface area contributed by atoms with Crippen molar-refractivity contribution in [2.45, 2.75) is 38.1 Å². The number of amides is 4. The fourth-order valence-corrected chi connectivity index (χ4v) is 5.60. The van der Waals surface area contributed by atoms with Crippen LogP contribution in [0.25, 0.3) is 0 Å². The second-order valence-electron chi connectivity index (χ2n) is 10.4. The van der Waals surface area contributed by atoms with Crippen LogP contribution in [0.5, 0.6) is 0 Å². The Labute approximate surface area is 219 Å². The molecule has 3 saturated heterocycles. The van der Waals surface area contributed by atoms with Crippen LogP contribution < -0.4 is 10.2 Å². The first-order valence-electron chi connectivity index (χ1n) is 13.6. The van der Waals surface area contributed by atoms with Gasteiger partial charge >= 0.3 is 6.03 Å². The van der Waals surface area contributed by atoms with E-state index in [4.69, 9.17) is 0 Å². The molecule has 3 aliphatic heterocycles. The van der Waals surface area contributed by atoms with Crippen LogP contribution in [-0.4, -0.2) is 95.5 Å². The quantitative estimate of drug-likeness (QED) is 0.692. The number of hydrogen-bond donors (Lipinski definition) is 1. The van der Waals surface area contributed by atoms with Crippen molar-refractivity contribution in [2.24, 2.45) is 7.05 Å². The number of aryl methyl sites for hydroxylation is 1. The molecular formula is C28H38N6O3. The lowest BCUT2D eigenvalue weighted by Crippen LogP contribution is -2.55. The molecule has 3 aliphatic rings. The van der Waals surface area contributed by atoms with Crippen molar-refractivity contribution in [1.82, 2.24) is 24.6 Å². The Hall–Kier alpha value is -3.49. The number of carbonyl (C=O) groups is 3. The molecule has 0 spiro atoms. The number of hydrogen-bond acceptors (Lipinski definition) is 4. The van der Waals surface area contributed by atoms with Gasteiger partial charge in [0.25, 0.3) is 11.8 Å². The Morgan fingerprint density at radius 3 is 1.97 bits per heavy atom. The highest BCUT2D eigenvalue weighted by Crippen LogP contribution is 2.22. The molecule has 0 bridgehead atoms. The average Bonchev–Trinajstić information content (AvgIpc) is 3.39. The first kappa shape index (κ1) is 25.2. The Bertz CT molecular complexity index is 1090. The summed E-state index contributed by atoms with van der Waals surface area (Å²) in [5, 5.41) is 3.20. The van der Waals surface area contributed by atoms with E-state index >= 15 is 0 Å². The van der Waals surface area contributed by atoms with E-state index in [0.717, 1.165) is 63.1 Å². The van der Waals surface area contributed by atoms with Gasteiger partial charge in [-0.05, 0) is 68.5 Å². The van der Waals surface area contributed by atoms with Crippen LogP contribution in [-0.2, 0) is 7.05 Å². The van der Waals surface area contributed by atoms with E-state index in [0.29, 0.717) is 31.9 Å². The lowest BCUT2D eigenvalue weighted by molar-refractivity contribution is 0.0653. The molecule has 4 amide bonds. The van der Waals surface area contributed by atoms with E-state index in [1.54, 1.807) is 0 Å². The Morgan fingerprint density at radius 1 is 0.730 bits per heavy atom. The van der Waals surface area contributed by atoms with Crippen LogP contribution in [0.2, 0.25) is 0 Å². The molecule has 4 heterocycles. The summed E-state index contributed by atoms with van der Waals surface area (Å²) in [6, 6.07) is 11.8. The first-order valence-corrected chi connectivity index (χ1v) is 13.6. The Morgan fingerprint density at radius 2 is 1.35 bits per heavy atom. The normalized spacial score (nSPS) is 19.2. The maximum absolute atomic E-state index is 12.9. The number of anilines is 1. The van der Waals surface area contributed by atoms with Crippen molar-refractivity contribution in [1.29, 1.82) is 0 Å². The monoisotopic (exact) mass is 506 g/mol. The second-order valence-corrected chi connectivity index (χ2v) is 10.4. The second kappa shape index (κ2) is 11.3. The van der Waals surface area contributed by atoms with Crippen LogP contribution >= 0.6 is 0 Å². The zero-order valence-electron chi connectivity index (χ0n) is 21.8. The van der Waals surface area contributed by atoms with Crippen LogP contribution in [0.3, 0.4) is 0 Å². The fourth-order valence-electron chi connectivity index (χ4n) is 5.60. The zero-order valence-corrected chi connectivity index (χ0v) is 21.8. The van der Waals surface area contributed by atoms with Crippen LogP contribution in [0.1, 0.15) is 53.0 Å². The summed E-state index contributed by atoms with van der Waals surface area (Å²) >= 11 is 0. The van der Waals surface area contributed by atoms with Crippen molar-refractivity contribution < 1.29 is 14.4 Å². The fraction of sp³-hybridized carbons (Fsp3) is 0.536. The molecule has 5 rings (SSSR count). The number of nitrogens with one attached hydrogen (secondary N) is 1. The molecule has 0 aliphatic carbocycles. The van der Waals surface area contributed by atoms with Gasteiger partial charge in [-0.15, -0.1) is 0 Å². The number of rotatable bonds is 4. The maximum atomic E-state index is 12.9. The number of piperidine rings is 2. The van der Waals surface area contributed by atoms with Crippen molar-refractivity contribution in [3.05, 3.63) is 53.9 Å². The van der Waals surface area contributed by atoms with Gasteiger partial charge in [0.05, 0.1) is 0 Å². The molecule has 0 saturated carbocycles. The van der Waals surface area contributed by atoms with E-state index in [-0.39, 0.29) is 23.9 Å². The molecule has 0 radical (unpaired) electrons. The van der Waals surface area contributed by atoms with Gasteiger partial charge in [-0.25, -0.2) is 4.79 Å². The number of piperazine rings is 1. The van der Waals surface area contributed by atoms with E-state index in [9.17, 15) is 14.4 Å². The maximum Gasteiger partial charge on any atom is 0.317 e. The standard InChI is InChI=1S/C28H38N6O3/c1-30-13-5-6-25(30)27(36)33-18-20-34(21-19-33)28(37)29-23-11-16-31(17-12-23)24-9-7-22(8-10-24)26(35)32-14-3-2-4-15-32/h5-10,13,23H,2-4,11-12,14-21H2,1H3,(H,29,37). The molecule has 198 valence electrons. The minimum Gasteiger partial charge on any atom is -0.371 e. The molecule has 3 fully saturated rings. The zero-order chi connectivity index (χ0) is 25.8. The number of nitrogens with zero attached hydrogens (tertiary/aromatic N) is 5. The van der Waals surface area contributed by atoms with E-state index in [1.165, 1.54) is 6.42 Å². The largest absolute Gasteiger partial charge is 0.371 e. The van der Waals surface area contributed by atoms with Crippen LogP contribution in [0.4, 0.5) is 10.5 Å². The molecule has 2 aromatic rings. The number of carbonyl (C=O) groups excluding carboxylic acids is 3. The van der Waals surface area contributed by atoms with Crippen LogP contribution in [0, 0.1) is 0 Å². The number of urea groups is 1. The van der Waals surface area contributed by atoms with Gasteiger partial charge < -0.3 is 29.5 Å². The summed E-state index contributed by atoms with van der Waals surface area (Å²) < 4.78 is 1.83. The third kappa shape index (κ3) is 5.76. The smallest absolute Gasteiger partial charge is 0.317 e. The molecule has 1 aromatic heterocycles. The molecule has 37 heavy (non-hydrogen) atoms. The van der Waals surface area contributed by atoms with Gasteiger partial charge in [0.2, 0.25) is 0 Å². The summed E-state index contributed by atoms with van der Waals surface area (Å²) in [6.07, 6.45) is 7.04. The van der Waals surface area contributed by atoms with Gasteiger partial charge in [-0.1, -0.05) is 0 Å². The summed E-state index contributed by atoms with van der Waals surface area (Å²) in [5.74, 6) is 0.154. The van der Waals surface area contributed by atoms with Crippen molar-refractivity contribution in [2.75, 3.05) is 57.3 Å². The summed E-state index contributed by atoms with van der Waals surface area (Å²) in [5.41, 5.74) is 2.56. The number of aromatic nitrogens is 1. The molecule has 0 unspecified atom stereocenters. The highest BCUT2D eigenvalue weighted by atomic mass is 16.2. The van der Waals surface area contributed by atoms with Crippen molar-refractivity contribution >= 4 is 23.5 Å². The van der Waals surface area contributed by atoms with Crippen molar-refractivity contribution in [3.63, 3.8) is 0 Å². The van der Waals surface area contributed by atoms with Gasteiger partial charge in [-0.2, -0.15) is 0 Å². The molecular weight excluding hydrogens is 468 g/mol.